The number of aryl methyl sites for hydroxylation is 2. The lowest BCUT2D eigenvalue weighted by Crippen LogP contribution is -2.26. The second kappa shape index (κ2) is 11.4. The maximum Gasteiger partial charge on any atom is 0.0726 e. The molecule has 0 unspecified atom stereocenters. The Kier molecular flexibility index (Phi) is 6.53. The number of thiophene rings is 1. The molecule has 0 saturated heterocycles. The van der Waals surface area contributed by atoms with Gasteiger partial charge in [-0.2, -0.15) is 0 Å². The van der Waals surface area contributed by atoms with E-state index in [4.69, 9.17) is 0 Å². The molecule has 2 aliphatic carbocycles. The maximum absolute atomic E-state index is 2.49. The van der Waals surface area contributed by atoms with Crippen LogP contribution in [0, 0.1) is 13.8 Å². The van der Waals surface area contributed by atoms with Gasteiger partial charge in [0.25, 0.3) is 0 Å². The van der Waals surface area contributed by atoms with Crippen molar-refractivity contribution in [3.05, 3.63) is 209 Å². The van der Waals surface area contributed by atoms with Gasteiger partial charge in [0.15, 0.2) is 0 Å². The highest BCUT2D eigenvalue weighted by Gasteiger charge is 2.51. The van der Waals surface area contributed by atoms with Crippen LogP contribution in [-0.2, 0) is 5.41 Å². The van der Waals surface area contributed by atoms with Crippen molar-refractivity contribution in [1.82, 2.24) is 0 Å². The second-order valence-corrected chi connectivity index (χ2v) is 15.6. The highest BCUT2D eigenvalue weighted by atomic mass is 32.1. The number of rotatable bonds is 4. The van der Waals surface area contributed by atoms with E-state index in [1.165, 1.54) is 86.9 Å². The topological polar surface area (TPSA) is 3.24 Å². The van der Waals surface area contributed by atoms with E-state index < -0.39 is 5.41 Å². The third-order valence-corrected chi connectivity index (χ3v) is 12.9. The molecule has 2 heteroatoms. The quantitative estimate of drug-likeness (QED) is 0.177. The summed E-state index contributed by atoms with van der Waals surface area (Å²) in [5.74, 6) is 0. The van der Waals surface area contributed by atoms with E-state index in [9.17, 15) is 0 Å². The Morgan fingerprint density at radius 1 is 0.358 bits per heavy atom. The van der Waals surface area contributed by atoms with Crippen molar-refractivity contribution in [3.8, 4) is 33.4 Å². The molecule has 0 fully saturated rings. The minimum atomic E-state index is -0.402. The standard InChI is InChI=1S/C51H35NS/c1-32-13-3-4-14-37(32)38-26-23-34(29-33(38)2)52(36-25-28-44-43-18-8-12-22-49(43)53-50(44)31-36)35-24-27-42-41-17-7-11-21-47(41)51(48(42)30-35)45-19-9-5-15-39(45)40-16-6-10-20-46(40)51/h3-31H,1-2H3. The second-order valence-electron chi connectivity index (χ2n) is 14.5. The Morgan fingerprint density at radius 2 is 0.830 bits per heavy atom. The zero-order valence-electron chi connectivity index (χ0n) is 29.6. The molecule has 53 heavy (non-hydrogen) atoms. The van der Waals surface area contributed by atoms with E-state index >= 15 is 0 Å². The average Bonchev–Trinajstić information content (AvgIpc) is 3.82. The Balaban J connectivity index is 1.17. The minimum absolute atomic E-state index is 0.402. The van der Waals surface area contributed by atoms with Crippen LogP contribution in [0.1, 0.15) is 33.4 Å². The van der Waals surface area contributed by atoms with Crippen molar-refractivity contribution in [1.29, 1.82) is 0 Å². The fourth-order valence-corrected chi connectivity index (χ4v) is 10.6. The van der Waals surface area contributed by atoms with E-state index in [0.717, 1.165) is 17.1 Å². The van der Waals surface area contributed by atoms with Gasteiger partial charge in [0.2, 0.25) is 0 Å². The molecule has 11 rings (SSSR count). The van der Waals surface area contributed by atoms with Crippen LogP contribution < -0.4 is 4.90 Å². The number of fused-ring (bicyclic) bond motifs is 13. The van der Waals surface area contributed by atoms with Gasteiger partial charge >= 0.3 is 0 Å². The monoisotopic (exact) mass is 693 g/mol. The smallest absolute Gasteiger partial charge is 0.0726 e. The number of benzene rings is 8. The van der Waals surface area contributed by atoms with Crippen LogP contribution in [0.25, 0.3) is 53.6 Å². The van der Waals surface area contributed by atoms with Crippen molar-refractivity contribution in [3.63, 3.8) is 0 Å². The van der Waals surface area contributed by atoms with Crippen molar-refractivity contribution >= 4 is 48.6 Å². The molecule has 0 bridgehead atoms. The van der Waals surface area contributed by atoms with Crippen LogP contribution in [0.15, 0.2) is 176 Å². The fraction of sp³-hybridized carbons (Fsp3) is 0.0588. The lowest BCUT2D eigenvalue weighted by molar-refractivity contribution is 0.793. The van der Waals surface area contributed by atoms with Gasteiger partial charge in [0, 0.05) is 37.2 Å². The summed E-state index contributed by atoms with van der Waals surface area (Å²) in [5, 5.41) is 2.63. The molecule has 1 aromatic heterocycles. The number of hydrogen-bond acceptors (Lipinski definition) is 2. The van der Waals surface area contributed by atoms with Gasteiger partial charge in [-0.3, -0.25) is 0 Å². The molecule has 0 atom stereocenters. The first-order valence-electron chi connectivity index (χ1n) is 18.4. The normalized spacial score (nSPS) is 13.2. The zero-order chi connectivity index (χ0) is 35.3. The van der Waals surface area contributed by atoms with Crippen molar-refractivity contribution in [2.45, 2.75) is 19.3 Å². The summed E-state index contributed by atoms with van der Waals surface area (Å²) >= 11 is 1.87. The third kappa shape index (κ3) is 4.24. The van der Waals surface area contributed by atoms with Gasteiger partial charge in [0.1, 0.15) is 0 Å². The molecule has 0 radical (unpaired) electrons. The molecule has 0 saturated carbocycles. The summed E-state index contributed by atoms with van der Waals surface area (Å²) in [6, 6.07) is 65.8. The van der Waals surface area contributed by atoms with E-state index in [-0.39, 0.29) is 0 Å². The van der Waals surface area contributed by atoms with Gasteiger partial charge in [-0.15, -0.1) is 11.3 Å². The number of anilines is 3. The first-order valence-corrected chi connectivity index (χ1v) is 19.2. The summed E-state index contributed by atoms with van der Waals surface area (Å²) in [4.78, 5) is 2.47. The molecule has 9 aromatic rings. The molecule has 1 nitrogen and oxygen atoms in total. The van der Waals surface area contributed by atoms with Crippen LogP contribution >= 0.6 is 11.3 Å². The van der Waals surface area contributed by atoms with E-state index in [0.29, 0.717) is 0 Å². The summed E-state index contributed by atoms with van der Waals surface area (Å²) in [6.45, 7) is 4.45. The van der Waals surface area contributed by atoms with Crippen LogP contribution in [0.3, 0.4) is 0 Å². The molecule has 0 N–H and O–H groups in total. The van der Waals surface area contributed by atoms with Crippen molar-refractivity contribution in [2.75, 3.05) is 4.90 Å². The summed E-state index contributed by atoms with van der Waals surface area (Å²) in [5.41, 5.74) is 18.9. The predicted octanol–water partition coefficient (Wildman–Crippen LogP) is 14.2. The first-order chi connectivity index (χ1) is 26.1. The highest BCUT2D eigenvalue weighted by molar-refractivity contribution is 7.25. The number of nitrogens with zero attached hydrogens (tertiary/aromatic N) is 1. The van der Waals surface area contributed by atoms with Crippen molar-refractivity contribution < 1.29 is 0 Å². The van der Waals surface area contributed by atoms with Crippen molar-refractivity contribution in [2.24, 2.45) is 0 Å². The molecule has 1 spiro atoms. The Hall–Kier alpha value is -6.22. The van der Waals surface area contributed by atoms with Gasteiger partial charge in [-0.05, 0) is 123 Å². The van der Waals surface area contributed by atoms with E-state index in [2.05, 4.69) is 195 Å². The molecule has 8 aromatic carbocycles. The van der Waals surface area contributed by atoms with Crippen LogP contribution in [0.4, 0.5) is 17.1 Å². The molecule has 2 aliphatic rings. The summed E-state index contributed by atoms with van der Waals surface area (Å²) in [7, 11) is 0. The molecule has 0 aliphatic heterocycles. The lowest BCUT2D eigenvalue weighted by Gasteiger charge is -2.32. The van der Waals surface area contributed by atoms with E-state index in [1.54, 1.807) is 0 Å². The highest BCUT2D eigenvalue weighted by Crippen LogP contribution is 2.63. The molecule has 1 heterocycles. The lowest BCUT2D eigenvalue weighted by atomic mass is 9.70. The van der Waals surface area contributed by atoms with Gasteiger partial charge < -0.3 is 4.90 Å². The summed E-state index contributed by atoms with van der Waals surface area (Å²) in [6.07, 6.45) is 0. The molecular formula is C51H35NS. The molecule has 250 valence electrons. The molecular weight excluding hydrogens is 659 g/mol. The Bertz CT molecular complexity index is 2880. The Morgan fingerprint density at radius 3 is 1.49 bits per heavy atom. The largest absolute Gasteiger partial charge is 0.310 e. The third-order valence-electron chi connectivity index (χ3n) is 11.8. The SMILES string of the molecule is Cc1ccccc1-c1ccc(N(c2ccc3c(c2)C2(c4ccccc4-c4ccccc42)c2ccccc2-3)c2ccc3c(c2)sc2ccccc23)cc1C. The number of hydrogen-bond donors (Lipinski definition) is 0. The first kappa shape index (κ1) is 30.4. The Labute approximate surface area is 314 Å². The van der Waals surface area contributed by atoms with E-state index in [1.807, 2.05) is 11.3 Å². The van der Waals surface area contributed by atoms with Gasteiger partial charge in [-0.25, -0.2) is 0 Å². The summed E-state index contributed by atoms with van der Waals surface area (Å²) < 4.78 is 2.62. The zero-order valence-corrected chi connectivity index (χ0v) is 30.4. The van der Waals surface area contributed by atoms with Crippen LogP contribution in [0.2, 0.25) is 0 Å². The van der Waals surface area contributed by atoms with Crippen LogP contribution in [0.5, 0.6) is 0 Å². The van der Waals surface area contributed by atoms with Gasteiger partial charge in [0.05, 0.1) is 5.41 Å². The minimum Gasteiger partial charge on any atom is -0.310 e. The average molecular weight is 694 g/mol. The predicted molar refractivity (Wildman–Crippen MR) is 225 cm³/mol. The maximum atomic E-state index is 2.49. The molecule has 0 amide bonds. The fourth-order valence-electron chi connectivity index (χ4n) is 9.49. The van der Waals surface area contributed by atoms with Gasteiger partial charge in [-0.1, -0.05) is 133 Å². The van der Waals surface area contributed by atoms with Crippen LogP contribution in [-0.4, -0.2) is 0 Å².